The molecule has 1 aromatic rings. The highest BCUT2D eigenvalue weighted by Crippen LogP contribution is 2.19. The summed E-state index contributed by atoms with van der Waals surface area (Å²) in [6, 6.07) is 7.51. The van der Waals surface area contributed by atoms with Gasteiger partial charge in [-0.05, 0) is 17.7 Å². The molecule has 0 saturated heterocycles. The average molecular weight is 265 g/mol. The van der Waals surface area contributed by atoms with E-state index in [0.717, 1.165) is 5.56 Å². The summed E-state index contributed by atoms with van der Waals surface area (Å²) in [5.74, 6) is 0.578. The highest BCUT2D eigenvalue weighted by molar-refractivity contribution is 5.45. The Hall–Kier alpha value is -1.61. The molecule has 0 atom stereocenters. The lowest BCUT2D eigenvalue weighted by Gasteiger charge is -2.07. The quantitative estimate of drug-likeness (QED) is 0.636. The minimum atomic E-state index is 0.451. The van der Waals surface area contributed by atoms with Crippen LogP contribution in [0.4, 0.5) is 0 Å². The lowest BCUT2D eigenvalue weighted by Crippen LogP contribution is -2.08. The Kier molecular flexibility index (Phi) is 7.59. The van der Waals surface area contributed by atoms with E-state index >= 15 is 0 Å². The lowest BCUT2D eigenvalue weighted by atomic mass is 10.1. The third-order valence-corrected chi connectivity index (χ3v) is 2.46. The Bertz CT molecular complexity index is 414. The maximum atomic E-state index is 8.96. The van der Waals surface area contributed by atoms with Crippen molar-refractivity contribution in [2.24, 2.45) is 0 Å². The van der Waals surface area contributed by atoms with Crippen molar-refractivity contribution >= 4 is 0 Å². The van der Waals surface area contributed by atoms with Crippen LogP contribution in [0.2, 0.25) is 0 Å². The lowest BCUT2D eigenvalue weighted by molar-refractivity contribution is 0.0199. The van der Waals surface area contributed by atoms with Gasteiger partial charge in [0.15, 0.2) is 0 Å². The molecule has 104 valence electrons. The van der Waals surface area contributed by atoms with Gasteiger partial charge in [0, 0.05) is 7.11 Å². The van der Waals surface area contributed by atoms with Gasteiger partial charge >= 0.3 is 0 Å². The molecule has 5 heteroatoms. The summed E-state index contributed by atoms with van der Waals surface area (Å²) in [5.41, 5.74) is 1.45. The van der Waals surface area contributed by atoms with E-state index in [1.807, 2.05) is 6.07 Å². The molecule has 1 rings (SSSR count). The second-order valence-electron chi connectivity index (χ2n) is 3.80. The van der Waals surface area contributed by atoms with Crippen LogP contribution in [0.1, 0.15) is 11.1 Å². The Morgan fingerprint density at radius 2 is 1.79 bits per heavy atom. The first-order valence-corrected chi connectivity index (χ1v) is 6.03. The number of ether oxygens (including phenoxy) is 4. The van der Waals surface area contributed by atoms with E-state index < -0.39 is 0 Å². The Morgan fingerprint density at radius 1 is 1.05 bits per heavy atom. The molecular formula is C14H19NO4. The molecule has 0 radical (unpaired) electrons. The van der Waals surface area contributed by atoms with Gasteiger partial charge in [-0.1, -0.05) is 6.07 Å². The fourth-order valence-corrected chi connectivity index (χ4v) is 1.48. The summed E-state index contributed by atoms with van der Waals surface area (Å²) in [6.07, 6.45) is 0. The zero-order chi connectivity index (χ0) is 13.9. The molecule has 0 aromatic heterocycles. The van der Waals surface area contributed by atoms with Crippen LogP contribution in [0.15, 0.2) is 18.2 Å². The Labute approximate surface area is 113 Å². The molecule has 19 heavy (non-hydrogen) atoms. The summed E-state index contributed by atoms with van der Waals surface area (Å²) >= 11 is 0. The Balaban J connectivity index is 2.28. The largest absolute Gasteiger partial charge is 0.495 e. The number of hydrogen-bond donors (Lipinski definition) is 0. The van der Waals surface area contributed by atoms with E-state index in [9.17, 15) is 0 Å². The number of benzene rings is 1. The van der Waals surface area contributed by atoms with Crippen molar-refractivity contribution in [3.05, 3.63) is 29.3 Å². The molecule has 0 bridgehead atoms. The molecule has 0 saturated carbocycles. The van der Waals surface area contributed by atoms with E-state index in [0.29, 0.717) is 44.3 Å². The molecule has 0 aliphatic rings. The summed E-state index contributed by atoms with van der Waals surface area (Å²) < 4.78 is 20.7. The van der Waals surface area contributed by atoms with Crippen molar-refractivity contribution in [2.45, 2.75) is 6.61 Å². The molecule has 5 nitrogen and oxygen atoms in total. The number of nitriles is 1. The van der Waals surface area contributed by atoms with Crippen LogP contribution in [0, 0.1) is 11.3 Å². The van der Waals surface area contributed by atoms with Gasteiger partial charge in [0.25, 0.3) is 0 Å². The molecule has 0 fully saturated rings. The van der Waals surface area contributed by atoms with Crippen LogP contribution in [0.25, 0.3) is 0 Å². The molecule has 0 heterocycles. The summed E-state index contributed by atoms with van der Waals surface area (Å²) in [7, 11) is 3.18. The number of methoxy groups -OCH3 is 2. The smallest absolute Gasteiger partial charge is 0.136 e. The van der Waals surface area contributed by atoms with Crippen LogP contribution in [0.5, 0.6) is 5.75 Å². The van der Waals surface area contributed by atoms with Crippen LogP contribution in [-0.2, 0) is 20.8 Å². The fraction of sp³-hybridized carbons (Fsp3) is 0.500. The van der Waals surface area contributed by atoms with Crippen molar-refractivity contribution in [1.29, 1.82) is 5.26 Å². The minimum absolute atomic E-state index is 0.451. The Morgan fingerprint density at radius 3 is 2.47 bits per heavy atom. The van der Waals surface area contributed by atoms with Gasteiger partial charge < -0.3 is 18.9 Å². The van der Waals surface area contributed by atoms with Crippen molar-refractivity contribution in [3.63, 3.8) is 0 Å². The van der Waals surface area contributed by atoms with E-state index in [4.69, 9.17) is 24.2 Å². The predicted octanol–water partition coefficient (Wildman–Crippen LogP) is 1.75. The summed E-state index contributed by atoms with van der Waals surface area (Å²) in [5, 5.41) is 8.96. The summed E-state index contributed by atoms with van der Waals surface area (Å²) in [6.45, 7) is 2.65. The summed E-state index contributed by atoms with van der Waals surface area (Å²) in [4.78, 5) is 0. The molecule has 0 unspecified atom stereocenters. The molecule has 1 aromatic carbocycles. The van der Waals surface area contributed by atoms with Gasteiger partial charge in [-0.25, -0.2) is 0 Å². The first-order chi connectivity index (χ1) is 9.31. The number of nitrogens with zero attached hydrogens (tertiary/aromatic N) is 1. The normalized spacial score (nSPS) is 10.2. The van der Waals surface area contributed by atoms with Gasteiger partial charge in [0.1, 0.15) is 11.8 Å². The predicted molar refractivity (Wildman–Crippen MR) is 70.1 cm³/mol. The van der Waals surface area contributed by atoms with Crippen LogP contribution >= 0.6 is 0 Å². The van der Waals surface area contributed by atoms with E-state index in [1.165, 1.54) is 0 Å². The van der Waals surface area contributed by atoms with Crippen molar-refractivity contribution in [2.75, 3.05) is 40.6 Å². The van der Waals surface area contributed by atoms with Crippen LogP contribution < -0.4 is 4.74 Å². The van der Waals surface area contributed by atoms with Crippen LogP contribution in [0.3, 0.4) is 0 Å². The highest BCUT2D eigenvalue weighted by atomic mass is 16.5. The molecule has 0 N–H and O–H groups in total. The topological polar surface area (TPSA) is 60.7 Å². The van der Waals surface area contributed by atoms with Gasteiger partial charge in [-0.3, -0.25) is 0 Å². The standard InChI is InChI=1S/C14H19NO4/c1-16-5-6-18-7-8-19-11-12-3-4-14(17-2)13(9-12)10-15/h3-4,9H,5-8,11H2,1-2H3. The second kappa shape index (κ2) is 9.34. The minimum Gasteiger partial charge on any atom is -0.495 e. The molecular weight excluding hydrogens is 246 g/mol. The first kappa shape index (κ1) is 15.4. The van der Waals surface area contributed by atoms with Crippen molar-refractivity contribution < 1.29 is 18.9 Å². The SMILES string of the molecule is COCCOCCOCc1ccc(OC)c(C#N)c1. The number of rotatable bonds is 9. The van der Waals surface area contributed by atoms with Crippen molar-refractivity contribution in [3.8, 4) is 11.8 Å². The van der Waals surface area contributed by atoms with Gasteiger partial charge in [-0.2, -0.15) is 5.26 Å². The van der Waals surface area contributed by atoms with Gasteiger partial charge in [0.05, 0.1) is 45.7 Å². The van der Waals surface area contributed by atoms with Crippen molar-refractivity contribution in [1.82, 2.24) is 0 Å². The van der Waals surface area contributed by atoms with Crippen LogP contribution in [-0.4, -0.2) is 40.6 Å². The van der Waals surface area contributed by atoms with E-state index in [1.54, 1.807) is 26.4 Å². The van der Waals surface area contributed by atoms with Gasteiger partial charge in [0.2, 0.25) is 0 Å². The third kappa shape index (κ3) is 5.71. The molecule has 0 aliphatic heterocycles. The van der Waals surface area contributed by atoms with Gasteiger partial charge in [-0.15, -0.1) is 0 Å². The van der Waals surface area contributed by atoms with E-state index in [-0.39, 0.29) is 0 Å². The fourth-order valence-electron chi connectivity index (χ4n) is 1.48. The molecule has 0 spiro atoms. The highest BCUT2D eigenvalue weighted by Gasteiger charge is 2.03. The number of hydrogen-bond acceptors (Lipinski definition) is 5. The maximum Gasteiger partial charge on any atom is 0.136 e. The third-order valence-electron chi connectivity index (χ3n) is 2.46. The molecule has 0 amide bonds. The average Bonchev–Trinajstić information content (AvgIpc) is 2.46. The zero-order valence-corrected chi connectivity index (χ0v) is 11.3. The maximum absolute atomic E-state index is 8.96. The van der Waals surface area contributed by atoms with E-state index in [2.05, 4.69) is 6.07 Å². The first-order valence-electron chi connectivity index (χ1n) is 6.03. The second-order valence-corrected chi connectivity index (χ2v) is 3.80. The molecule has 0 aliphatic carbocycles. The monoisotopic (exact) mass is 265 g/mol. The zero-order valence-electron chi connectivity index (χ0n) is 11.3.